The van der Waals surface area contributed by atoms with Crippen LogP contribution in [0.2, 0.25) is 0 Å². The summed E-state index contributed by atoms with van der Waals surface area (Å²) in [6, 6.07) is 13.1. The Labute approximate surface area is 87.7 Å². The maximum Gasteiger partial charge on any atom is 0.134 e. The molecule has 0 unspecified atom stereocenters. The van der Waals surface area contributed by atoms with Crippen molar-refractivity contribution >= 4 is 0 Å². The highest BCUT2D eigenvalue weighted by Gasteiger charge is 2.03. The lowest BCUT2D eigenvalue weighted by Crippen LogP contribution is -1.92. The second kappa shape index (κ2) is 3.99. The minimum atomic E-state index is 0.387. The van der Waals surface area contributed by atoms with Gasteiger partial charge in [0.05, 0.1) is 18.2 Å². The fraction of sp³-hybridized carbons (Fsp3) is 0.0833. The Bertz CT molecular complexity index is 508. The molecule has 2 rings (SSSR count). The van der Waals surface area contributed by atoms with Crippen LogP contribution in [0.15, 0.2) is 40.8 Å². The molecule has 3 heteroatoms. The quantitative estimate of drug-likeness (QED) is 0.805. The van der Waals surface area contributed by atoms with Crippen LogP contribution >= 0.6 is 0 Å². The first-order valence-electron chi connectivity index (χ1n) is 4.63. The number of nitrogens with two attached hydrogens (primary N) is 1. The van der Waals surface area contributed by atoms with Crippen molar-refractivity contribution in [1.82, 2.24) is 0 Å². The van der Waals surface area contributed by atoms with Crippen LogP contribution in [0.5, 0.6) is 0 Å². The number of benzene rings is 1. The van der Waals surface area contributed by atoms with E-state index < -0.39 is 0 Å². The van der Waals surface area contributed by atoms with Gasteiger partial charge in [0.15, 0.2) is 0 Å². The molecule has 1 heterocycles. The summed E-state index contributed by atoms with van der Waals surface area (Å²) in [6.45, 7) is 0.387. The first-order chi connectivity index (χ1) is 7.33. The molecule has 0 saturated carbocycles. The Kier molecular flexibility index (Phi) is 2.53. The Hall–Kier alpha value is -2.05. The van der Waals surface area contributed by atoms with E-state index in [-0.39, 0.29) is 0 Å². The average molecular weight is 198 g/mol. The lowest BCUT2D eigenvalue weighted by Gasteiger charge is -1.96. The van der Waals surface area contributed by atoms with E-state index in [9.17, 15) is 0 Å². The van der Waals surface area contributed by atoms with Gasteiger partial charge in [0.2, 0.25) is 0 Å². The van der Waals surface area contributed by atoms with Crippen LogP contribution in [0.4, 0.5) is 0 Å². The van der Waals surface area contributed by atoms with Gasteiger partial charge < -0.3 is 10.2 Å². The molecule has 1 aromatic carbocycles. The van der Waals surface area contributed by atoms with E-state index in [0.29, 0.717) is 12.1 Å². The van der Waals surface area contributed by atoms with Crippen LogP contribution in [0, 0.1) is 11.3 Å². The predicted octanol–water partition coefficient (Wildman–Crippen LogP) is 2.28. The van der Waals surface area contributed by atoms with Gasteiger partial charge >= 0.3 is 0 Å². The van der Waals surface area contributed by atoms with Crippen molar-refractivity contribution in [3.8, 4) is 17.4 Å². The van der Waals surface area contributed by atoms with Gasteiger partial charge in [-0.3, -0.25) is 0 Å². The van der Waals surface area contributed by atoms with Crippen molar-refractivity contribution in [3.05, 3.63) is 47.7 Å². The lowest BCUT2D eigenvalue weighted by molar-refractivity contribution is 0.525. The van der Waals surface area contributed by atoms with Gasteiger partial charge in [-0.2, -0.15) is 5.26 Å². The molecule has 0 aliphatic carbocycles. The van der Waals surface area contributed by atoms with Crippen molar-refractivity contribution < 1.29 is 4.42 Å². The van der Waals surface area contributed by atoms with E-state index in [0.717, 1.165) is 17.1 Å². The number of rotatable bonds is 2. The molecule has 2 N–H and O–H groups in total. The molecule has 0 aliphatic rings. The average Bonchev–Trinajstić information content (AvgIpc) is 2.78. The molecule has 3 nitrogen and oxygen atoms in total. The molecule has 0 bridgehead atoms. The molecule has 0 saturated heterocycles. The minimum absolute atomic E-state index is 0.387. The molecule has 0 fully saturated rings. The van der Waals surface area contributed by atoms with Crippen molar-refractivity contribution in [2.75, 3.05) is 0 Å². The molecular formula is C12H10N2O. The number of furan rings is 1. The Morgan fingerprint density at radius 1 is 1.27 bits per heavy atom. The van der Waals surface area contributed by atoms with E-state index in [2.05, 4.69) is 6.07 Å². The molecule has 15 heavy (non-hydrogen) atoms. The Morgan fingerprint density at radius 2 is 2.13 bits per heavy atom. The molecule has 2 aromatic rings. The SMILES string of the molecule is N#Cc1cccc(-c2ccc(CN)o2)c1. The van der Waals surface area contributed by atoms with Gasteiger partial charge in [0.25, 0.3) is 0 Å². The third-order valence-electron chi connectivity index (χ3n) is 2.14. The second-order valence-corrected chi connectivity index (χ2v) is 3.16. The summed E-state index contributed by atoms with van der Waals surface area (Å²) in [5.41, 5.74) is 6.97. The fourth-order valence-electron chi connectivity index (χ4n) is 1.38. The van der Waals surface area contributed by atoms with E-state index in [1.54, 1.807) is 12.1 Å². The monoisotopic (exact) mass is 198 g/mol. The Balaban J connectivity index is 2.41. The van der Waals surface area contributed by atoms with E-state index >= 15 is 0 Å². The van der Waals surface area contributed by atoms with Gasteiger partial charge in [-0.15, -0.1) is 0 Å². The number of hydrogen-bond donors (Lipinski definition) is 1. The van der Waals surface area contributed by atoms with Gasteiger partial charge in [0.1, 0.15) is 11.5 Å². The van der Waals surface area contributed by atoms with E-state index in [4.69, 9.17) is 15.4 Å². The van der Waals surface area contributed by atoms with Crippen molar-refractivity contribution in [1.29, 1.82) is 5.26 Å². The molecule has 0 radical (unpaired) electrons. The van der Waals surface area contributed by atoms with Gasteiger partial charge in [-0.25, -0.2) is 0 Å². The van der Waals surface area contributed by atoms with Crippen LogP contribution in [0.3, 0.4) is 0 Å². The summed E-state index contributed by atoms with van der Waals surface area (Å²) in [4.78, 5) is 0. The van der Waals surface area contributed by atoms with Gasteiger partial charge in [-0.05, 0) is 24.3 Å². The number of nitriles is 1. The van der Waals surface area contributed by atoms with Crippen LogP contribution in [-0.4, -0.2) is 0 Å². The summed E-state index contributed by atoms with van der Waals surface area (Å²) >= 11 is 0. The molecule has 74 valence electrons. The summed E-state index contributed by atoms with van der Waals surface area (Å²) < 4.78 is 5.48. The van der Waals surface area contributed by atoms with Crippen molar-refractivity contribution in [3.63, 3.8) is 0 Å². The zero-order chi connectivity index (χ0) is 10.7. The molecular weight excluding hydrogens is 188 g/mol. The zero-order valence-corrected chi connectivity index (χ0v) is 8.10. The fourth-order valence-corrected chi connectivity index (χ4v) is 1.38. The van der Waals surface area contributed by atoms with Crippen LogP contribution in [0.1, 0.15) is 11.3 Å². The molecule has 0 spiro atoms. The highest BCUT2D eigenvalue weighted by molar-refractivity contribution is 5.59. The summed E-state index contributed by atoms with van der Waals surface area (Å²) in [5.74, 6) is 1.49. The van der Waals surface area contributed by atoms with Crippen molar-refractivity contribution in [2.45, 2.75) is 6.54 Å². The first-order valence-corrected chi connectivity index (χ1v) is 4.63. The molecule has 0 aliphatic heterocycles. The maximum atomic E-state index is 8.76. The lowest BCUT2D eigenvalue weighted by atomic mass is 10.1. The van der Waals surface area contributed by atoms with E-state index in [1.165, 1.54) is 0 Å². The summed E-state index contributed by atoms with van der Waals surface area (Å²) in [6.07, 6.45) is 0. The normalized spacial score (nSPS) is 9.87. The molecule has 0 amide bonds. The third kappa shape index (κ3) is 1.90. The summed E-state index contributed by atoms with van der Waals surface area (Å²) in [5, 5.41) is 8.76. The summed E-state index contributed by atoms with van der Waals surface area (Å²) in [7, 11) is 0. The predicted molar refractivity (Wildman–Crippen MR) is 56.8 cm³/mol. The third-order valence-corrected chi connectivity index (χ3v) is 2.14. The molecule has 1 aromatic heterocycles. The molecule has 0 atom stereocenters. The van der Waals surface area contributed by atoms with Gasteiger partial charge in [0, 0.05) is 5.56 Å². The maximum absolute atomic E-state index is 8.76. The largest absolute Gasteiger partial charge is 0.460 e. The van der Waals surface area contributed by atoms with Gasteiger partial charge in [-0.1, -0.05) is 12.1 Å². The van der Waals surface area contributed by atoms with Crippen LogP contribution < -0.4 is 5.73 Å². The highest BCUT2D eigenvalue weighted by atomic mass is 16.3. The van der Waals surface area contributed by atoms with Crippen molar-refractivity contribution in [2.24, 2.45) is 5.73 Å². The zero-order valence-electron chi connectivity index (χ0n) is 8.10. The smallest absolute Gasteiger partial charge is 0.134 e. The standard InChI is InChI=1S/C12H10N2O/c13-7-9-2-1-3-10(6-9)12-5-4-11(8-14)15-12/h1-6H,8,14H2. The Morgan fingerprint density at radius 3 is 2.80 bits per heavy atom. The number of hydrogen-bond acceptors (Lipinski definition) is 3. The minimum Gasteiger partial charge on any atom is -0.460 e. The topological polar surface area (TPSA) is 63.0 Å². The van der Waals surface area contributed by atoms with Crippen LogP contribution in [0.25, 0.3) is 11.3 Å². The first kappa shape index (κ1) is 9.50. The van der Waals surface area contributed by atoms with E-state index in [1.807, 2.05) is 24.3 Å². The van der Waals surface area contributed by atoms with Crippen LogP contribution in [-0.2, 0) is 6.54 Å². The second-order valence-electron chi connectivity index (χ2n) is 3.16. The number of nitrogens with zero attached hydrogens (tertiary/aromatic N) is 1. The highest BCUT2D eigenvalue weighted by Crippen LogP contribution is 2.22.